The second-order valence-electron chi connectivity index (χ2n) is 6.85. The number of aromatic amines is 1. The number of fused-ring (bicyclic) bond motifs is 1. The lowest BCUT2D eigenvalue weighted by atomic mass is 9.76. The fourth-order valence-electron chi connectivity index (χ4n) is 3.35. The molecule has 3 heteroatoms. The molecule has 2 aromatic carbocycles. The van der Waals surface area contributed by atoms with Crippen LogP contribution < -0.4 is 0 Å². The Bertz CT molecular complexity index is 991. The number of hydrogen-bond acceptors (Lipinski definition) is 2. The number of unbranched alkanes of at least 4 members (excludes halogenated alkanes) is 2. The van der Waals surface area contributed by atoms with Gasteiger partial charge in [0.1, 0.15) is 0 Å². The van der Waals surface area contributed by atoms with Crippen molar-refractivity contribution in [3.63, 3.8) is 0 Å². The number of ether oxygens (including phenoxy) is 1. The molecule has 0 aliphatic carbocycles. The third kappa shape index (κ3) is 3.75. The average Bonchev–Trinajstić information content (AvgIpc) is 3.15. The van der Waals surface area contributed by atoms with E-state index in [0.29, 0.717) is 5.56 Å². The highest BCUT2D eigenvalue weighted by molar-refractivity contribution is 5.96. The van der Waals surface area contributed by atoms with Gasteiger partial charge in [-0.25, -0.2) is 4.79 Å². The number of nitrogens with one attached hydrogen (secondary N) is 1. The Morgan fingerprint density at radius 2 is 1.96 bits per heavy atom. The maximum absolute atomic E-state index is 12.0. The van der Waals surface area contributed by atoms with Crippen LogP contribution in [-0.2, 0) is 10.2 Å². The predicted molar refractivity (Wildman–Crippen MR) is 110 cm³/mol. The predicted octanol–water partition coefficient (Wildman–Crippen LogP) is 5.45. The summed E-state index contributed by atoms with van der Waals surface area (Å²) in [5, 5.41) is 0.994. The molecule has 0 fully saturated rings. The molecule has 138 valence electrons. The van der Waals surface area contributed by atoms with Gasteiger partial charge in [0.25, 0.3) is 0 Å². The van der Waals surface area contributed by atoms with Crippen molar-refractivity contribution in [2.24, 2.45) is 0 Å². The highest BCUT2D eigenvalue weighted by Gasteiger charge is 2.29. The van der Waals surface area contributed by atoms with Crippen LogP contribution in [0.3, 0.4) is 0 Å². The number of methoxy groups -OCH3 is 1. The van der Waals surface area contributed by atoms with Gasteiger partial charge in [-0.05, 0) is 42.7 Å². The molecule has 0 aliphatic rings. The standard InChI is InChI=1S/C24H25NO2/c1-4-5-6-10-15-24(2,19-11-8-7-9-12-19)21-17-25-22-14-13-18(16-20(21)22)23(26)27-3/h7-9,11-14,16-17,25H,4-6H2,1-3H3. The van der Waals surface area contributed by atoms with Gasteiger partial charge in [0.15, 0.2) is 0 Å². The summed E-state index contributed by atoms with van der Waals surface area (Å²) in [5.41, 5.74) is 3.26. The van der Waals surface area contributed by atoms with Crippen LogP contribution in [0, 0.1) is 11.8 Å². The fraction of sp³-hybridized carbons (Fsp3) is 0.292. The quantitative estimate of drug-likeness (QED) is 0.374. The molecule has 1 atom stereocenters. The number of H-pyrrole nitrogens is 1. The van der Waals surface area contributed by atoms with Crippen LogP contribution in [0.2, 0.25) is 0 Å². The molecular weight excluding hydrogens is 334 g/mol. The second kappa shape index (κ2) is 8.14. The molecule has 0 radical (unpaired) electrons. The molecule has 1 aromatic heterocycles. The number of esters is 1. The zero-order valence-corrected chi connectivity index (χ0v) is 16.1. The van der Waals surface area contributed by atoms with Crippen molar-refractivity contribution < 1.29 is 9.53 Å². The van der Waals surface area contributed by atoms with Crippen LogP contribution in [0.1, 0.15) is 54.6 Å². The molecular formula is C24H25NO2. The Morgan fingerprint density at radius 1 is 1.19 bits per heavy atom. The van der Waals surface area contributed by atoms with E-state index in [1.54, 1.807) is 6.07 Å². The van der Waals surface area contributed by atoms with E-state index in [4.69, 9.17) is 4.74 Å². The minimum absolute atomic E-state index is 0.334. The highest BCUT2D eigenvalue weighted by atomic mass is 16.5. The summed E-state index contributed by atoms with van der Waals surface area (Å²) in [5.74, 6) is 6.56. The molecule has 3 aromatic rings. The van der Waals surface area contributed by atoms with Crippen LogP contribution >= 0.6 is 0 Å². The van der Waals surface area contributed by atoms with Gasteiger partial charge in [-0.3, -0.25) is 0 Å². The summed E-state index contributed by atoms with van der Waals surface area (Å²) in [7, 11) is 1.40. The summed E-state index contributed by atoms with van der Waals surface area (Å²) in [6.07, 6.45) is 5.12. The van der Waals surface area contributed by atoms with Gasteiger partial charge in [0.2, 0.25) is 0 Å². The maximum atomic E-state index is 12.0. The third-order valence-corrected chi connectivity index (χ3v) is 4.99. The van der Waals surface area contributed by atoms with Crippen molar-refractivity contribution in [1.29, 1.82) is 0 Å². The summed E-state index contributed by atoms with van der Waals surface area (Å²) in [6.45, 7) is 4.32. The van der Waals surface area contributed by atoms with Gasteiger partial charge < -0.3 is 9.72 Å². The highest BCUT2D eigenvalue weighted by Crippen LogP contribution is 2.36. The van der Waals surface area contributed by atoms with Gasteiger partial charge in [-0.2, -0.15) is 0 Å². The number of aromatic nitrogens is 1. The molecule has 1 unspecified atom stereocenters. The average molecular weight is 359 g/mol. The van der Waals surface area contributed by atoms with Crippen molar-refractivity contribution in [1.82, 2.24) is 4.98 Å². The Labute approximate surface area is 160 Å². The van der Waals surface area contributed by atoms with Crippen LogP contribution in [0.4, 0.5) is 0 Å². The molecule has 0 aliphatic heterocycles. The maximum Gasteiger partial charge on any atom is 0.337 e. The zero-order valence-electron chi connectivity index (χ0n) is 16.1. The largest absolute Gasteiger partial charge is 0.465 e. The molecule has 0 amide bonds. The molecule has 1 N–H and O–H groups in total. The summed E-state index contributed by atoms with van der Waals surface area (Å²) < 4.78 is 4.89. The van der Waals surface area contributed by atoms with E-state index in [1.165, 1.54) is 7.11 Å². The molecule has 0 bridgehead atoms. The lowest BCUT2D eigenvalue weighted by Crippen LogP contribution is -2.21. The molecule has 1 heterocycles. The van der Waals surface area contributed by atoms with E-state index in [-0.39, 0.29) is 5.97 Å². The van der Waals surface area contributed by atoms with Crippen molar-refractivity contribution in [2.45, 2.75) is 38.5 Å². The summed E-state index contributed by atoms with van der Waals surface area (Å²) in [4.78, 5) is 15.3. The Morgan fingerprint density at radius 3 is 2.67 bits per heavy atom. The fourth-order valence-corrected chi connectivity index (χ4v) is 3.35. The summed E-state index contributed by atoms with van der Waals surface area (Å²) >= 11 is 0. The first-order chi connectivity index (χ1) is 13.1. The number of benzene rings is 2. The third-order valence-electron chi connectivity index (χ3n) is 4.99. The minimum Gasteiger partial charge on any atom is -0.465 e. The minimum atomic E-state index is -0.470. The van der Waals surface area contributed by atoms with E-state index in [0.717, 1.165) is 41.3 Å². The lowest BCUT2D eigenvalue weighted by Gasteiger charge is -2.24. The van der Waals surface area contributed by atoms with Crippen LogP contribution in [0.25, 0.3) is 10.9 Å². The van der Waals surface area contributed by atoms with Crippen molar-refractivity contribution in [3.05, 3.63) is 71.4 Å². The first kappa shape index (κ1) is 18.8. The lowest BCUT2D eigenvalue weighted by molar-refractivity contribution is 0.0601. The topological polar surface area (TPSA) is 42.1 Å². The smallest absolute Gasteiger partial charge is 0.337 e. The molecule has 0 spiro atoms. The summed E-state index contributed by atoms with van der Waals surface area (Å²) in [6, 6.07) is 15.9. The normalized spacial score (nSPS) is 12.9. The number of carbonyl (C=O) groups is 1. The number of rotatable bonds is 5. The van der Waals surface area contributed by atoms with Crippen molar-refractivity contribution in [3.8, 4) is 11.8 Å². The SMILES string of the molecule is CCCCC#CC(C)(c1ccccc1)c1c[nH]c2ccc(C(=O)OC)cc12. The Hall–Kier alpha value is -2.99. The van der Waals surface area contributed by atoms with Gasteiger partial charge in [0.05, 0.1) is 18.1 Å². The monoisotopic (exact) mass is 359 g/mol. The molecule has 3 rings (SSSR count). The van der Waals surface area contributed by atoms with Gasteiger partial charge in [-0.15, -0.1) is 5.92 Å². The van der Waals surface area contributed by atoms with E-state index in [2.05, 4.69) is 42.8 Å². The Kier molecular flexibility index (Phi) is 5.66. The van der Waals surface area contributed by atoms with E-state index < -0.39 is 5.41 Å². The van der Waals surface area contributed by atoms with Gasteiger partial charge in [-0.1, -0.05) is 49.6 Å². The van der Waals surface area contributed by atoms with E-state index >= 15 is 0 Å². The first-order valence-corrected chi connectivity index (χ1v) is 9.35. The first-order valence-electron chi connectivity index (χ1n) is 9.35. The van der Waals surface area contributed by atoms with E-state index in [9.17, 15) is 4.79 Å². The van der Waals surface area contributed by atoms with Crippen molar-refractivity contribution in [2.75, 3.05) is 7.11 Å². The second-order valence-corrected chi connectivity index (χ2v) is 6.85. The van der Waals surface area contributed by atoms with Gasteiger partial charge >= 0.3 is 5.97 Å². The zero-order chi connectivity index (χ0) is 19.3. The molecule has 0 saturated carbocycles. The van der Waals surface area contributed by atoms with E-state index in [1.807, 2.05) is 36.5 Å². The number of hydrogen-bond donors (Lipinski definition) is 1. The molecule has 27 heavy (non-hydrogen) atoms. The van der Waals surface area contributed by atoms with Crippen LogP contribution in [0.15, 0.2) is 54.7 Å². The Balaban J connectivity index is 2.17. The van der Waals surface area contributed by atoms with Gasteiger partial charge in [0, 0.05) is 23.5 Å². The number of carbonyl (C=O) groups excluding carboxylic acids is 1. The van der Waals surface area contributed by atoms with Crippen molar-refractivity contribution >= 4 is 16.9 Å². The van der Waals surface area contributed by atoms with Crippen LogP contribution in [-0.4, -0.2) is 18.1 Å². The molecule has 3 nitrogen and oxygen atoms in total. The van der Waals surface area contributed by atoms with Crippen LogP contribution in [0.5, 0.6) is 0 Å². The molecule has 0 saturated heterocycles.